The molecule has 1 N–H and O–H groups in total. The maximum Gasteiger partial charge on any atom is 0.144 e. The van der Waals surface area contributed by atoms with Crippen molar-refractivity contribution in [3.8, 4) is 6.07 Å². The molecule has 1 rings (SSSR count). The Bertz CT molecular complexity index is 450. The van der Waals surface area contributed by atoms with Crippen molar-refractivity contribution in [2.24, 2.45) is 0 Å². The molecule has 1 aromatic heterocycles. The lowest BCUT2D eigenvalue weighted by Gasteiger charge is -2.24. The zero-order valence-corrected chi connectivity index (χ0v) is 13.0. The Morgan fingerprint density at radius 3 is 2.75 bits per heavy atom. The fraction of sp³-hybridized carbons (Fsp3) is 0.667. The Morgan fingerprint density at radius 2 is 2.15 bits per heavy atom. The Hall–Kier alpha value is -1.67. The molecule has 1 heterocycles. The minimum atomic E-state index is 0.375. The molecule has 0 atom stereocenters. The third-order valence-corrected chi connectivity index (χ3v) is 3.04. The van der Waals surface area contributed by atoms with Gasteiger partial charge in [0.15, 0.2) is 0 Å². The van der Waals surface area contributed by atoms with E-state index in [2.05, 4.69) is 47.0 Å². The van der Waals surface area contributed by atoms with Crippen molar-refractivity contribution in [3.05, 3.63) is 17.6 Å². The van der Waals surface area contributed by atoms with Crippen molar-refractivity contribution in [1.82, 2.24) is 14.9 Å². The van der Waals surface area contributed by atoms with Crippen LogP contribution in [0.15, 0.2) is 6.07 Å². The molecule has 0 radical (unpaired) electrons. The normalized spacial score (nSPS) is 10.8. The van der Waals surface area contributed by atoms with Gasteiger partial charge in [-0.05, 0) is 27.2 Å². The van der Waals surface area contributed by atoms with Gasteiger partial charge in [0.2, 0.25) is 0 Å². The molecule has 20 heavy (non-hydrogen) atoms. The quantitative estimate of drug-likeness (QED) is 0.790. The van der Waals surface area contributed by atoms with E-state index in [0.29, 0.717) is 19.0 Å². The Balaban J connectivity index is 2.78. The maximum atomic E-state index is 8.73. The summed E-state index contributed by atoms with van der Waals surface area (Å²) in [4.78, 5) is 11.3. The highest BCUT2D eigenvalue weighted by molar-refractivity contribution is 5.35. The maximum absolute atomic E-state index is 8.73. The van der Waals surface area contributed by atoms with E-state index in [4.69, 9.17) is 5.26 Å². The van der Waals surface area contributed by atoms with E-state index in [1.807, 2.05) is 13.0 Å². The van der Waals surface area contributed by atoms with E-state index in [1.165, 1.54) is 0 Å². The third-order valence-electron chi connectivity index (χ3n) is 3.04. The number of nitriles is 1. The van der Waals surface area contributed by atoms with Gasteiger partial charge in [-0.15, -0.1) is 0 Å². The zero-order chi connectivity index (χ0) is 15.0. The fourth-order valence-corrected chi connectivity index (χ4v) is 1.94. The Morgan fingerprint density at radius 1 is 1.40 bits per heavy atom. The van der Waals surface area contributed by atoms with Gasteiger partial charge in [0.05, 0.1) is 12.6 Å². The van der Waals surface area contributed by atoms with Crippen molar-refractivity contribution in [1.29, 1.82) is 5.26 Å². The molecule has 5 nitrogen and oxygen atoms in total. The summed E-state index contributed by atoms with van der Waals surface area (Å²) >= 11 is 0. The molecule has 0 amide bonds. The monoisotopic (exact) mass is 275 g/mol. The average Bonchev–Trinajstić information content (AvgIpc) is 2.40. The van der Waals surface area contributed by atoms with E-state index in [9.17, 15) is 0 Å². The molecule has 0 aliphatic rings. The third kappa shape index (κ3) is 5.54. The van der Waals surface area contributed by atoms with Crippen LogP contribution < -0.4 is 5.32 Å². The molecule has 110 valence electrons. The van der Waals surface area contributed by atoms with Crippen LogP contribution in [0, 0.1) is 18.3 Å². The first-order valence-corrected chi connectivity index (χ1v) is 7.26. The largest absolute Gasteiger partial charge is 0.370 e. The van der Waals surface area contributed by atoms with Crippen molar-refractivity contribution < 1.29 is 0 Å². The van der Waals surface area contributed by atoms with Gasteiger partial charge in [-0.25, -0.2) is 9.97 Å². The lowest BCUT2D eigenvalue weighted by molar-refractivity contribution is 0.212. The second-order valence-electron chi connectivity index (χ2n) is 5.21. The molecule has 0 aromatic carbocycles. The summed E-state index contributed by atoms with van der Waals surface area (Å²) in [6.07, 6.45) is 1.60. The van der Waals surface area contributed by atoms with E-state index >= 15 is 0 Å². The van der Waals surface area contributed by atoms with Gasteiger partial charge in [-0.2, -0.15) is 5.26 Å². The second kappa shape index (κ2) is 8.49. The standard InChI is InChI=1S/C15H25N5/c1-5-8-17-14-10-13(4)18-15(19-14)11-20(12(2)3)9-6-7-16/h10,12H,5-6,8-9,11H2,1-4H3,(H,17,18,19). The summed E-state index contributed by atoms with van der Waals surface area (Å²) in [5.41, 5.74) is 0.970. The summed E-state index contributed by atoms with van der Waals surface area (Å²) in [7, 11) is 0. The Kier molecular flexibility index (Phi) is 6.96. The van der Waals surface area contributed by atoms with Crippen LogP contribution in [0.2, 0.25) is 0 Å². The topological polar surface area (TPSA) is 64.8 Å². The van der Waals surface area contributed by atoms with Gasteiger partial charge in [0.25, 0.3) is 0 Å². The van der Waals surface area contributed by atoms with Gasteiger partial charge in [-0.3, -0.25) is 4.90 Å². The number of aryl methyl sites for hydroxylation is 1. The first-order chi connectivity index (χ1) is 9.56. The minimum absolute atomic E-state index is 0.375. The molecular formula is C15H25N5. The Labute approximate surface area is 122 Å². The highest BCUT2D eigenvalue weighted by Crippen LogP contribution is 2.10. The van der Waals surface area contributed by atoms with E-state index < -0.39 is 0 Å². The molecule has 0 spiro atoms. The predicted molar refractivity (Wildman–Crippen MR) is 81.3 cm³/mol. The lowest BCUT2D eigenvalue weighted by Crippen LogP contribution is -2.32. The fourth-order valence-electron chi connectivity index (χ4n) is 1.94. The summed E-state index contributed by atoms with van der Waals surface area (Å²) < 4.78 is 0. The van der Waals surface area contributed by atoms with Crippen LogP contribution >= 0.6 is 0 Å². The average molecular weight is 275 g/mol. The molecule has 5 heteroatoms. The van der Waals surface area contributed by atoms with Crippen LogP contribution in [-0.2, 0) is 6.54 Å². The van der Waals surface area contributed by atoms with Crippen molar-refractivity contribution >= 4 is 5.82 Å². The van der Waals surface area contributed by atoms with E-state index in [-0.39, 0.29) is 0 Å². The molecule has 0 aliphatic heterocycles. The molecule has 0 fully saturated rings. The van der Waals surface area contributed by atoms with Crippen molar-refractivity contribution in [3.63, 3.8) is 0 Å². The van der Waals surface area contributed by atoms with Crippen LogP contribution in [0.4, 0.5) is 5.82 Å². The number of rotatable bonds is 8. The number of hydrogen-bond donors (Lipinski definition) is 1. The second-order valence-corrected chi connectivity index (χ2v) is 5.21. The van der Waals surface area contributed by atoms with Crippen LogP contribution in [0.25, 0.3) is 0 Å². The first kappa shape index (κ1) is 16.4. The number of nitrogens with one attached hydrogen (secondary N) is 1. The van der Waals surface area contributed by atoms with Crippen LogP contribution in [-0.4, -0.2) is 34.0 Å². The van der Waals surface area contributed by atoms with Gasteiger partial charge < -0.3 is 5.32 Å². The van der Waals surface area contributed by atoms with Crippen molar-refractivity contribution in [2.75, 3.05) is 18.4 Å². The van der Waals surface area contributed by atoms with Crippen LogP contribution in [0.5, 0.6) is 0 Å². The van der Waals surface area contributed by atoms with Crippen LogP contribution in [0.1, 0.15) is 45.1 Å². The van der Waals surface area contributed by atoms with Gasteiger partial charge >= 0.3 is 0 Å². The van der Waals surface area contributed by atoms with Crippen molar-refractivity contribution in [2.45, 2.75) is 53.1 Å². The SMILES string of the molecule is CCCNc1cc(C)nc(CN(CCC#N)C(C)C)n1. The summed E-state index contributed by atoms with van der Waals surface area (Å²) in [6.45, 7) is 10.7. The summed E-state index contributed by atoms with van der Waals surface area (Å²) in [5, 5.41) is 12.0. The predicted octanol–water partition coefficient (Wildman–Crippen LogP) is 2.73. The highest BCUT2D eigenvalue weighted by Gasteiger charge is 2.12. The molecule has 1 aromatic rings. The van der Waals surface area contributed by atoms with Gasteiger partial charge in [-0.1, -0.05) is 6.92 Å². The number of anilines is 1. The zero-order valence-electron chi connectivity index (χ0n) is 13.0. The van der Waals surface area contributed by atoms with Gasteiger partial charge in [0.1, 0.15) is 11.6 Å². The summed E-state index contributed by atoms with van der Waals surface area (Å²) in [6, 6.07) is 4.54. The molecule has 0 bridgehead atoms. The van der Waals surface area contributed by atoms with E-state index in [0.717, 1.165) is 36.8 Å². The van der Waals surface area contributed by atoms with E-state index in [1.54, 1.807) is 0 Å². The molecule has 0 saturated heterocycles. The van der Waals surface area contributed by atoms with Crippen LogP contribution in [0.3, 0.4) is 0 Å². The number of aromatic nitrogens is 2. The van der Waals surface area contributed by atoms with Gasteiger partial charge in [0, 0.05) is 37.3 Å². The number of nitrogens with zero attached hydrogens (tertiary/aromatic N) is 4. The molecule has 0 saturated carbocycles. The molecule has 0 unspecified atom stereocenters. The molecular weight excluding hydrogens is 250 g/mol. The molecule has 0 aliphatic carbocycles. The summed E-state index contributed by atoms with van der Waals surface area (Å²) in [5.74, 6) is 1.70. The highest BCUT2D eigenvalue weighted by atomic mass is 15.2. The first-order valence-electron chi connectivity index (χ1n) is 7.26. The minimum Gasteiger partial charge on any atom is -0.370 e. The lowest BCUT2D eigenvalue weighted by atomic mass is 10.2. The smallest absolute Gasteiger partial charge is 0.144 e. The number of hydrogen-bond acceptors (Lipinski definition) is 5.